The summed E-state index contributed by atoms with van der Waals surface area (Å²) in [5.41, 5.74) is 13.0. The molecule has 17 heavy (non-hydrogen) atoms. The van der Waals surface area contributed by atoms with Gasteiger partial charge in [-0.2, -0.15) is 5.10 Å². The molecule has 5 nitrogen and oxygen atoms in total. The molecule has 1 amide bonds. The fourth-order valence-corrected chi connectivity index (χ4v) is 2.09. The Balaban J connectivity index is 2.22. The van der Waals surface area contributed by atoms with E-state index in [2.05, 4.69) is 21.0 Å². The van der Waals surface area contributed by atoms with Gasteiger partial charge < -0.3 is 11.5 Å². The van der Waals surface area contributed by atoms with E-state index >= 15 is 0 Å². The number of rotatable bonds is 3. The van der Waals surface area contributed by atoms with Crippen LogP contribution in [0.2, 0.25) is 0 Å². The normalized spacial score (nSPS) is 10.4. The first-order valence-electron chi connectivity index (χ1n) is 4.92. The quantitative estimate of drug-likeness (QED) is 0.838. The first kappa shape index (κ1) is 11.7. The van der Waals surface area contributed by atoms with Crippen LogP contribution in [-0.4, -0.2) is 15.7 Å². The first-order chi connectivity index (χ1) is 8.04. The van der Waals surface area contributed by atoms with Crippen LogP contribution in [0, 0.1) is 0 Å². The second-order valence-electron chi connectivity index (χ2n) is 3.68. The van der Waals surface area contributed by atoms with Crippen LogP contribution in [0.5, 0.6) is 0 Å². The van der Waals surface area contributed by atoms with E-state index in [1.165, 1.54) is 6.20 Å². The number of anilines is 1. The number of aromatic nitrogens is 2. The minimum Gasteiger partial charge on any atom is -0.399 e. The molecule has 0 spiro atoms. The molecular weight excluding hydrogens is 284 g/mol. The largest absolute Gasteiger partial charge is 0.399 e. The molecule has 6 heteroatoms. The Morgan fingerprint density at radius 1 is 1.41 bits per heavy atom. The number of halogens is 1. The summed E-state index contributed by atoms with van der Waals surface area (Å²) in [7, 11) is 0. The van der Waals surface area contributed by atoms with Crippen molar-refractivity contribution >= 4 is 27.5 Å². The van der Waals surface area contributed by atoms with Crippen LogP contribution in [0.15, 0.2) is 35.1 Å². The Morgan fingerprint density at radius 2 is 2.18 bits per heavy atom. The highest BCUT2D eigenvalue weighted by atomic mass is 79.9. The molecule has 1 aromatic carbocycles. The topological polar surface area (TPSA) is 86.9 Å². The summed E-state index contributed by atoms with van der Waals surface area (Å²) in [4.78, 5) is 10.9. The van der Waals surface area contributed by atoms with Gasteiger partial charge in [-0.1, -0.05) is 15.9 Å². The van der Waals surface area contributed by atoms with Gasteiger partial charge in [0.25, 0.3) is 5.91 Å². The molecule has 1 aromatic heterocycles. The molecule has 4 N–H and O–H groups in total. The zero-order valence-corrected chi connectivity index (χ0v) is 10.5. The third-order valence-electron chi connectivity index (χ3n) is 2.24. The number of nitrogens with zero attached hydrogens (tertiary/aromatic N) is 2. The maximum Gasteiger partial charge on any atom is 0.251 e. The second kappa shape index (κ2) is 4.58. The van der Waals surface area contributed by atoms with Crippen LogP contribution < -0.4 is 11.5 Å². The lowest BCUT2D eigenvalue weighted by atomic mass is 10.2. The van der Waals surface area contributed by atoms with Crippen molar-refractivity contribution in [3.63, 3.8) is 0 Å². The summed E-state index contributed by atoms with van der Waals surface area (Å²) in [6.07, 6.45) is 3.06. The molecule has 0 atom stereocenters. The SMILES string of the molecule is NC(=O)c1cnn(Cc2cc(N)cc(Br)c2)c1. The van der Waals surface area contributed by atoms with Crippen molar-refractivity contribution in [1.82, 2.24) is 9.78 Å². The predicted molar refractivity (Wildman–Crippen MR) is 68.4 cm³/mol. The summed E-state index contributed by atoms with van der Waals surface area (Å²) in [5, 5.41) is 4.05. The lowest BCUT2D eigenvalue weighted by Crippen LogP contribution is -2.09. The van der Waals surface area contributed by atoms with E-state index in [-0.39, 0.29) is 0 Å². The molecule has 0 fully saturated rings. The molecule has 0 radical (unpaired) electrons. The van der Waals surface area contributed by atoms with Gasteiger partial charge in [-0.15, -0.1) is 0 Å². The fraction of sp³-hybridized carbons (Fsp3) is 0.0909. The van der Waals surface area contributed by atoms with Gasteiger partial charge in [-0.3, -0.25) is 9.48 Å². The van der Waals surface area contributed by atoms with E-state index in [4.69, 9.17) is 11.5 Å². The highest BCUT2D eigenvalue weighted by Gasteiger charge is 2.05. The van der Waals surface area contributed by atoms with E-state index in [1.807, 2.05) is 18.2 Å². The summed E-state index contributed by atoms with van der Waals surface area (Å²) in [6.45, 7) is 0.539. The highest BCUT2D eigenvalue weighted by Crippen LogP contribution is 2.18. The number of carbonyl (C=O) groups is 1. The lowest BCUT2D eigenvalue weighted by Gasteiger charge is -2.04. The summed E-state index contributed by atoms with van der Waals surface area (Å²) >= 11 is 3.37. The number of nitrogens with two attached hydrogens (primary N) is 2. The number of nitrogen functional groups attached to an aromatic ring is 1. The van der Waals surface area contributed by atoms with Crippen LogP contribution in [-0.2, 0) is 6.54 Å². The van der Waals surface area contributed by atoms with Gasteiger partial charge in [-0.05, 0) is 23.8 Å². The van der Waals surface area contributed by atoms with Crippen LogP contribution in [0.4, 0.5) is 5.69 Å². The van der Waals surface area contributed by atoms with Crippen LogP contribution in [0.1, 0.15) is 15.9 Å². The Morgan fingerprint density at radius 3 is 2.76 bits per heavy atom. The molecule has 0 aliphatic rings. The average Bonchev–Trinajstić information content (AvgIpc) is 2.64. The van der Waals surface area contributed by atoms with Crippen molar-refractivity contribution in [2.24, 2.45) is 5.73 Å². The molecule has 2 rings (SSSR count). The van der Waals surface area contributed by atoms with E-state index < -0.39 is 5.91 Å². The number of hydrogen-bond acceptors (Lipinski definition) is 3. The molecule has 0 aliphatic heterocycles. The average molecular weight is 295 g/mol. The molecule has 88 valence electrons. The van der Waals surface area contributed by atoms with E-state index in [1.54, 1.807) is 10.9 Å². The van der Waals surface area contributed by atoms with Crippen molar-refractivity contribution in [2.45, 2.75) is 6.54 Å². The van der Waals surface area contributed by atoms with Gasteiger partial charge in [-0.25, -0.2) is 0 Å². The number of carbonyl (C=O) groups excluding carboxylic acids is 1. The van der Waals surface area contributed by atoms with Gasteiger partial charge in [0.1, 0.15) is 0 Å². The zero-order valence-electron chi connectivity index (χ0n) is 8.93. The number of primary amides is 1. The van der Waals surface area contributed by atoms with E-state index in [0.29, 0.717) is 17.8 Å². The van der Waals surface area contributed by atoms with Gasteiger partial charge in [0.2, 0.25) is 0 Å². The van der Waals surface area contributed by atoms with Gasteiger partial charge in [0.15, 0.2) is 0 Å². The highest BCUT2D eigenvalue weighted by molar-refractivity contribution is 9.10. The fourth-order valence-electron chi connectivity index (χ4n) is 1.53. The number of benzene rings is 1. The van der Waals surface area contributed by atoms with E-state index in [0.717, 1.165) is 10.0 Å². The Bertz CT molecular complexity index is 544. The minimum atomic E-state index is -0.481. The third kappa shape index (κ3) is 2.85. The van der Waals surface area contributed by atoms with Crippen LogP contribution in [0.25, 0.3) is 0 Å². The molecular formula is C11H11BrN4O. The molecule has 0 saturated heterocycles. The zero-order chi connectivity index (χ0) is 12.4. The molecule has 0 saturated carbocycles. The summed E-state index contributed by atoms with van der Waals surface area (Å²) in [6, 6.07) is 5.62. The second-order valence-corrected chi connectivity index (χ2v) is 4.60. The first-order valence-corrected chi connectivity index (χ1v) is 5.71. The Labute approximate surface area is 107 Å². The monoisotopic (exact) mass is 294 g/mol. The van der Waals surface area contributed by atoms with Gasteiger partial charge in [0, 0.05) is 16.4 Å². The third-order valence-corrected chi connectivity index (χ3v) is 2.70. The maximum atomic E-state index is 10.9. The molecule has 1 heterocycles. The van der Waals surface area contributed by atoms with Crippen molar-refractivity contribution < 1.29 is 4.79 Å². The minimum absolute atomic E-state index is 0.396. The van der Waals surface area contributed by atoms with Crippen LogP contribution >= 0.6 is 15.9 Å². The number of hydrogen-bond donors (Lipinski definition) is 2. The Hall–Kier alpha value is -1.82. The van der Waals surface area contributed by atoms with Crippen molar-refractivity contribution in [3.8, 4) is 0 Å². The number of amides is 1. The molecule has 0 bridgehead atoms. The van der Waals surface area contributed by atoms with Crippen molar-refractivity contribution in [2.75, 3.05) is 5.73 Å². The molecule has 2 aromatic rings. The van der Waals surface area contributed by atoms with Gasteiger partial charge >= 0.3 is 0 Å². The van der Waals surface area contributed by atoms with Crippen LogP contribution in [0.3, 0.4) is 0 Å². The van der Waals surface area contributed by atoms with Crippen molar-refractivity contribution in [3.05, 3.63) is 46.2 Å². The predicted octanol–water partition coefficient (Wildman–Crippen LogP) is 1.37. The Kier molecular flexibility index (Phi) is 3.14. The van der Waals surface area contributed by atoms with E-state index in [9.17, 15) is 4.79 Å². The standard InChI is InChI=1S/C11H11BrN4O/c12-9-1-7(2-10(13)3-9)5-16-6-8(4-15-16)11(14)17/h1-4,6H,5,13H2,(H2,14,17). The summed E-state index contributed by atoms with van der Waals surface area (Å²) < 4.78 is 2.55. The smallest absolute Gasteiger partial charge is 0.251 e. The van der Waals surface area contributed by atoms with Crippen molar-refractivity contribution in [1.29, 1.82) is 0 Å². The summed E-state index contributed by atoms with van der Waals surface area (Å²) in [5.74, 6) is -0.481. The van der Waals surface area contributed by atoms with Gasteiger partial charge in [0.05, 0.1) is 18.3 Å². The molecule has 0 unspecified atom stereocenters. The maximum absolute atomic E-state index is 10.9. The molecule has 0 aliphatic carbocycles. The lowest BCUT2D eigenvalue weighted by molar-refractivity contribution is 0.1000.